The summed E-state index contributed by atoms with van der Waals surface area (Å²) in [5, 5.41) is 5.79. The Morgan fingerprint density at radius 2 is 1.85 bits per heavy atom. The van der Waals surface area contributed by atoms with Gasteiger partial charge in [-0.15, -0.1) is 0 Å². The second kappa shape index (κ2) is 7.90. The van der Waals surface area contributed by atoms with Crippen LogP contribution in [0.2, 0.25) is 0 Å². The van der Waals surface area contributed by atoms with Crippen LogP contribution in [0.4, 0.5) is 10.5 Å². The first-order valence-corrected chi connectivity index (χ1v) is 7.28. The molecule has 1 aromatic carbocycles. The molecule has 0 heterocycles. The number of benzene rings is 1. The Morgan fingerprint density at radius 1 is 1.20 bits per heavy atom. The van der Waals surface area contributed by atoms with Gasteiger partial charge in [-0.05, 0) is 35.4 Å². The number of carbonyl (C=O) groups excluding carboxylic acids is 1. The van der Waals surface area contributed by atoms with Crippen LogP contribution in [-0.4, -0.2) is 12.6 Å². The van der Waals surface area contributed by atoms with Gasteiger partial charge >= 0.3 is 6.03 Å². The number of hydrogen-bond donors (Lipinski definition) is 3. The molecule has 0 atom stereocenters. The van der Waals surface area contributed by atoms with Gasteiger partial charge < -0.3 is 16.4 Å². The number of anilines is 1. The highest BCUT2D eigenvalue weighted by Crippen LogP contribution is 2.19. The van der Waals surface area contributed by atoms with Crippen LogP contribution in [0, 0.1) is 17.8 Å². The molecule has 112 valence electrons. The summed E-state index contributed by atoms with van der Waals surface area (Å²) in [5.41, 5.74) is 7.36. The number of nitrogens with two attached hydrogens (primary N) is 1. The Bertz CT molecular complexity index is 421. The molecule has 20 heavy (non-hydrogen) atoms. The van der Waals surface area contributed by atoms with Crippen LogP contribution in [0.5, 0.6) is 0 Å². The van der Waals surface area contributed by atoms with Crippen molar-refractivity contribution in [1.29, 1.82) is 0 Å². The third kappa shape index (κ3) is 5.21. The minimum Gasteiger partial charge on any atom is -0.338 e. The Kier molecular flexibility index (Phi) is 6.52. The van der Waals surface area contributed by atoms with E-state index in [2.05, 4.69) is 38.3 Å². The lowest BCUT2D eigenvalue weighted by atomic mass is 9.85. The third-order valence-corrected chi connectivity index (χ3v) is 3.63. The molecular weight excluding hydrogens is 250 g/mol. The maximum atomic E-state index is 11.9. The van der Waals surface area contributed by atoms with Gasteiger partial charge in [0.15, 0.2) is 0 Å². The average Bonchev–Trinajstić information content (AvgIpc) is 2.38. The molecule has 1 rings (SSSR count). The Balaban J connectivity index is 2.50. The molecule has 4 N–H and O–H groups in total. The third-order valence-electron chi connectivity index (χ3n) is 3.63. The smallest absolute Gasteiger partial charge is 0.319 e. The minimum atomic E-state index is -0.162. The van der Waals surface area contributed by atoms with Gasteiger partial charge in [0.25, 0.3) is 0 Å². The van der Waals surface area contributed by atoms with Crippen LogP contribution in [0.25, 0.3) is 0 Å². The van der Waals surface area contributed by atoms with Gasteiger partial charge in [-0.25, -0.2) is 4.79 Å². The molecule has 2 amide bonds. The summed E-state index contributed by atoms with van der Waals surface area (Å²) in [6.45, 7) is 9.92. The van der Waals surface area contributed by atoms with E-state index >= 15 is 0 Å². The largest absolute Gasteiger partial charge is 0.338 e. The van der Waals surface area contributed by atoms with Crippen molar-refractivity contribution in [2.45, 2.75) is 34.2 Å². The Hall–Kier alpha value is -1.55. The molecule has 1 aromatic rings. The summed E-state index contributed by atoms with van der Waals surface area (Å²) in [4.78, 5) is 11.9. The molecule has 0 spiro atoms. The molecule has 4 heteroatoms. The summed E-state index contributed by atoms with van der Waals surface area (Å²) in [7, 11) is 0. The van der Waals surface area contributed by atoms with Crippen molar-refractivity contribution in [2.75, 3.05) is 11.9 Å². The van der Waals surface area contributed by atoms with Crippen molar-refractivity contribution < 1.29 is 4.79 Å². The normalized spacial score (nSPS) is 11.2. The number of amides is 2. The van der Waals surface area contributed by atoms with E-state index in [9.17, 15) is 4.79 Å². The molecule has 0 aliphatic rings. The van der Waals surface area contributed by atoms with E-state index in [0.717, 1.165) is 11.3 Å². The van der Waals surface area contributed by atoms with Gasteiger partial charge in [0.1, 0.15) is 0 Å². The number of carbonyl (C=O) groups is 1. The maximum absolute atomic E-state index is 11.9. The van der Waals surface area contributed by atoms with Crippen LogP contribution in [0.15, 0.2) is 24.3 Å². The number of nitrogens with one attached hydrogen (secondary N) is 2. The lowest BCUT2D eigenvalue weighted by Gasteiger charge is -2.25. The maximum Gasteiger partial charge on any atom is 0.319 e. The van der Waals surface area contributed by atoms with E-state index in [4.69, 9.17) is 5.73 Å². The molecular formula is C16H27N3O. The average molecular weight is 277 g/mol. The van der Waals surface area contributed by atoms with E-state index in [1.165, 1.54) is 0 Å². The summed E-state index contributed by atoms with van der Waals surface area (Å²) in [5.74, 6) is 1.59. The topological polar surface area (TPSA) is 67.2 Å². The molecule has 0 aliphatic heterocycles. The van der Waals surface area contributed by atoms with Crippen molar-refractivity contribution in [1.82, 2.24) is 5.32 Å². The first-order valence-electron chi connectivity index (χ1n) is 7.28. The zero-order valence-corrected chi connectivity index (χ0v) is 12.9. The molecule has 0 saturated heterocycles. The lowest BCUT2D eigenvalue weighted by molar-refractivity contribution is 0.239. The standard InChI is InChI=1S/C16H27N3O/c1-11(2)15(12(3)4)10-18-16(20)19-14-7-5-6-13(8-14)9-17/h5-8,11-12,15H,9-10,17H2,1-4H3,(H2,18,19,20). The second-order valence-electron chi connectivity index (χ2n) is 5.89. The predicted molar refractivity (Wildman–Crippen MR) is 84.5 cm³/mol. The van der Waals surface area contributed by atoms with Gasteiger partial charge in [-0.1, -0.05) is 39.8 Å². The number of rotatable bonds is 6. The molecule has 0 radical (unpaired) electrons. The van der Waals surface area contributed by atoms with Gasteiger partial charge in [-0.3, -0.25) is 0 Å². The van der Waals surface area contributed by atoms with E-state index in [1.54, 1.807) is 0 Å². The molecule has 0 bridgehead atoms. The fourth-order valence-electron chi connectivity index (χ4n) is 2.40. The summed E-state index contributed by atoms with van der Waals surface area (Å²) < 4.78 is 0. The fraction of sp³-hybridized carbons (Fsp3) is 0.562. The van der Waals surface area contributed by atoms with Gasteiger partial charge in [-0.2, -0.15) is 0 Å². The van der Waals surface area contributed by atoms with E-state index in [0.29, 0.717) is 30.8 Å². The van der Waals surface area contributed by atoms with Gasteiger partial charge in [0, 0.05) is 18.8 Å². The highest BCUT2D eigenvalue weighted by Gasteiger charge is 2.18. The zero-order chi connectivity index (χ0) is 15.1. The second-order valence-corrected chi connectivity index (χ2v) is 5.89. The lowest BCUT2D eigenvalue weighted by Crippen LogP contribution is -2.36. The predicted octanol–water partition coefficient (Wildman–Crippen LogP) is 3.20. The van der Waals surface area contributed by atoms with Crippen LogP contribution in [0.3, 0.4) is 0 Å². The van der Waals surface area contributed by atoms with Crippen molar-refractivity contribution in [3.63, 3.8) is 0 Å². The number of urea groups is 1. The van der Waals surface area contributed by atoms with Crippen LogP contribution >= 0.6 is 0 Å². The molecule has 0 aromatic heterocycles. The van der Waals surface area contributed by atoms with E-state index in [1.807, 2.05) is 24.3 Å². The molecule has 0 aliphatic carbocycles. The quantitative estimate of drug-likeness (QED) is 0.747. The van der Waals surface area contributed by atoms with Crippen molar-refractivity contribution in [3.8, 4) is 0 Å². The van der Waals surface area contributed by atoms with Crippen LogP contribution < -0.4 is 16.4 Å². The minimum absolute atomic E-state index is 0.162. The Labute approximate surface area is 122 Å². The SMILES string of the molecule is CC(C)C(CNC(=O)Nc1cccc(CN)c1)C(C)C. The van der Waals surface area contributed by atoms with Crippen LogP contribution in [0.1, 0.15) is 33.3 Å². The van der Waals surface area contributed by atoms with Crippen LogP contribution in [-0.2, 0) is 6.54 Å². The van der Waals surface area contributed by atoms with Crippen molar-refractivity contribution in [2.24, 2.45) is 23.5 Å². The fourth-order valence-corrected chi connectivity index (χ4v) is 2.40. The molecule has 0 unspecified atom stereocenters. The first kappa shape index (κ1) is 16.5. The van der Waals surface area contributed by atoms with Gasteiger partial charge in [0.2, 0.25) is 0 Å². The highest BCUT2D eigenvalue weighted by atomic mass is 16.2. The summed E-state index contributed by atoms with van der Waals surface area (Å²) in [6, 6.07) is 7.42. The summed E-state index contributed by atoms with van der Waals surface area (Å²) in [6.07, 6.45) is 0. The molecule has 4 nitrogen and oxygen atoms in total. The van der Waals surface area contributed by atoms with E-state index < -0.39 is 0 Å². The first-order chi connectivity index (χ1) is 9.43. The molecule has 0 saturated carbocycles. The summed E-state index contributed by atoms with van der Waals surface area (Å²) >= 11 is 0. The zero-order valence-electron chi connectivity index (χ0n) is 12.9. The highest BCUT2D eigenvalue weighted by molar-refractivity contribution is 5.89. The van der Waals surface area contributed by atoms with Crippen molar-refractivity contribution in [3.05, 3.63) is 29.8 Å². The van der Waals surface area contributed by atoms with Gasteiger partial charge in [0.05, 0.1) is 0 Å². The molecule has 0 fully saturated rings. The monoisotopic (exact) mass is 277 g/mol. The van der Waals surface area contributed by atoms with E-state index in [-0.39, 0.29) is 6.03 Å². The van der Waals surface area contributed by atoms with Crippen molar-refractivity contribution >= 4 is 11.7 Å². The number of hydrogen-bond acceptors (Lipinski definition) is 2. The Morgan fingerprint density at radius 3 is 2.40 bits per heavy atom.